The van der Waals surface area contributed by atoms with Gasteiger partial charge in [0, 0.05) is 24.5 Å². The largest absolute Gasteiger partial charge is 0.272 e. The Morgan fingerprint density at radius 1 is 1.42 bits per heavy atom. The van der Waals surface area contributed by atoms with E-state index in [9.17, 15) is 0 Å². The summed E-state index contributed by atoms with van der Waals surface area (Å²) in [5.74, 6) is 0.830. The maximum absolute atomic E-state index is 4.59. The molecule has 4 nitrogen and oxygen atoms in total. The van der Waals surface area contributed by atoms with E-state index >= 15 is 0 Å². The summed E-state index contributed by atoms with van der Waals surface area (Å²) in [5.41, 5.74) is 3.45. The molecule has 0 saturated heterocycles. The Hall–Kier alpha value is -1.36. The second kappa shape index (κ2) is 5.33. The molecule has 0 N–H and O–H groups in total. The summed E-state index contributed by atoms with van der Waals surface area (Å²) < 4.78 is 1.99. The van der Waals surface area contributed by atoms with Crippen LogP contribution in [0, 0.1) is 5.92 Å². The van der Waals surface area contributed by atoms with E-state index in [0.717, 1.165) is 28.8 Å². The molecule has 1 saturated carbocycles. The zero-order valence-corrected chi connectivity index (χ0v) is 12.2. The van der Waals surface area contributed by atoms with Crippen LogP contribution in [0.25, 0.3) is 11.3 Å². The highest BCUT2D eigenvalue weighted by molar-refractivity contribution is 7.98. The minimum Gasteiger partial charge on any atom is -0.272 e. The summed E-state index contributed by atoms with van der Waals surface area (Å²) in [6, 6.07) is 1.97. The lowest BCUT2D eigenvalue weighted by atomic mass is 9.81. The Morgan fingerprint density at radius 2 is 2.26 bits per heavy atom. The van der Waals surface area contributed by atoms with Gasteiger partial charge in [-0.2, -0.15) is 5.10 Å². The van der Waals surface area contributed by atoms with Crippen LogP contribution in [0.3, 0.4) is 0 Å². The predicted octanol–water partition coefficient (Wildman–Crippen LogP) is 2.94. The van der Waals surface area contributed by atoms with E-state index in [1.54, 1.807) is 11.8 Å². The first kappa shape index (κ1) is 12.7. The van der Waals surface area contributed by atoms with Gasteiger partial charge in [-0.05, 0) is 24.7 Å². The zero-order chi connectivity index (χ0) is 13.2. The van der Waals surface area contributed by atoms with Crippen LogP contribution in [0.4, 0.5) is 0 Å². The molecule has 19 heavy (non-hydrogen) atoms. The highest BCUT2D eigenvalue weighted by Gasteiger charge is 2.22. The van der Waals surface area contributed by atoms with Crippen LogP contribution in [-0.2, 0) is 13.5 Å². The van der Waals surface area contributed by atoms with Crippen LogP contribution in [0.1, 0.15) is 25.0 Å². The van der Waals surface area contributed by atoms with Crippen molar-refractivity contribution in [2.45, 2.75) is 30.8 Å². The third kappa shape index (κ3) is 2.52. The molecular weight excluding hydrogens is 256 g/mol. The van der Waals surface area contributed by atoms with Crippen molar-refractivity contribution in [2.24, 2.45) is 13.0 Å². The van der Waals surface area contributed by atoms with Gasteiger partial charge in [0.2, 0.25) is 0 Å². The smallest absolute Gasteiger partial charge is 0.187 e. The van der Waals surface area contributed by atoms with E-state index < -0.39 is 0 Å². The summed E-state index contributed by atoms with van der Waals surface area (Å²) in [6.45, 7) is 0. The molecule has 0 amide bonds. The lowest BCUT2D eigenvalue weighted by Crippen LogP contribution is -2.16. The van der Waals surface area contributed by atoms with Gasteiger partial charge in [-0.1, -0.05) is 31.0 Å². The first-order valence-electron chi connectivity index (χ1n) is 6.66. The summed E-state index contributed by atoms with van der Waals surface area (Å²) in [7, 11) is 2.02. The Labute approximate surface area is 117 Å². The lowest BCUT2D eigenvalue weighted by Gasteiger charge is -2.25. The second-order valence-electron chi connectivity index (χ2n) is 5.06. The van der Waals surface area contributed by atoms with Gasteiger partial charge in [-0.25, -0.2) is 9.97 Å². The van der Waals surface area contributed by atoms with Gasteiger partial charge in [-0.3, -0.25) is 4.68 Å². The van der Waals surface area contributed by atoms with Crippen LogP contribution < -0.4 is 0 Å². The minimum absolute atomic E-state index is 0.816. The Balaban J connectivity index is 1.94. The van der Waals surface area contributed by atoms with E-state index in [4.69, 9.17) is 0 Å². The third-order valence-corrected chi connectivity index (χ3v) is 4.42. The predicted molar refractivity (Wildman–Crippen MR) is 77.1 cm³/mol. The Morgan fingerprint density at radius 3 is 2.95 bits per heavy atom. The number of hydrogen-bond acceptors (Lipinski definition) is 4. The van der Waals surface area contributed by atoms with Crippen molar-refractivity contribution in [1.82, 2.24) is 19.7 Å². The maximum atomic E-state index is 4.59. The monoisotopic (exact) mass is 274 g/mol. The van der Waals surface area contributed by atoms with Gasteiger partial charge in [0.15, 0.2) is 5.16 Å². The molecule has 0 aliphatic heterocycles. The normalized spacial score (nSPS) is 15.5. The van der Waals surface area contributed by atoms with E-state index in [1.807, 2.05) is 36.4 Å². The molecule has 2 aromatic heterocycles. The Bertz CT molecular complexity index is 575. The zero-order valence-electron chi connectivity index (χ0n) is 11.3. The molecule has 1 fully saturated rings. The van der Waals surface area contributed by atoms with E-state index in [-0.39, 0.29) is 0 Å². The fourth-order valence-corrected chi connectivity index (χ4v) is 2.83. The van der Waals surface area contributed by atoms with Gasteiger partial charge >= 0.3 is 0 Å². The maximum Gasteiger partial charge on any atom is 0.187 e. The lowest BCUT2D eigenvalue weighted by molar-refractivity contribution is 0.309. The molecule has 1 aliphatic carbocycles. The number of rotatable bonds is 4. The molecule has 5 heteroatoms. The van der Waals surface area contributed by atoms with Gasteiger partial charge in [-0.15, -0.1) is 0 Å². The van der Waals surface area contributed by atoms with Gasteiger partial charge in [0.1, 0.15) is 0 Å². The van der Waals surface area contributed by atoms with E-state index in [0.29, 0.717) is 0 Å². The summed E-state index contributed by atoms with van der Waals surface area (Å²) >= 11 is 1.57. The molecule has 0 unspecified atom stereocenters. The molecule has 0 aromatic carbocycles. The van der Waals surface area contributed by atoms with Crippen molar-refractivity contribution in [1.29, 1.82) is 0 Å². The topological polar surface area (TPSA) is 43.6 Å². The average Bonchev–Trinajstić information content (AvgIpc) is 2.75. The van der Waals surface area contributed by atoms with Gasteiger partial charge in [0.05, 0.1) is 11.9 Å². The van der Waals surface area contributed by atoms with Crippen LogP contribution in [0.5, 0.6) is 0 Å². The molecule has 0 spiro atoms. The number of hydrogen-bond donors (Lipinski definition) is 0. The van der Waals surface area contributed by atoms with Crippen molar-refractivity contribution in [3.63, 3.8) is 0 Å². The number of nitrogens with zero attached hydrogens (tertiary/aromatic N) is 4. The average molecular weight is 274 g/mol. The first-order chi connectivity index (χ1) is 9.28. The first-order valence-corrected chi connectivity index (χ1v) is 7.88. The molecule has 0 radical (unpaired) electrons. The minimum atomic E-state index is 0.816. The van der Waals surface area contributed by atoms with E-state index in [1.165, 1.54) is 25.0 Å². The number of aromatic nitrogens is 4. The van der Waals surface area contributed by atoms with Crippen molar-refractivity contribution < 1.29 is 0 Å². The highest BCUT2D eigenvalue weighted by atomic mass is 32.2. The van der Waals surface area contributed by atoms with E-state index in [2.05, 4.69) is 15.1 Å². The van der Waals surface area contributed by atoms with Crippen molar-refractivity contribution >= 4 is 11.8 Å². The van der Waals surface area contributed by atoms with Crippen molar-refractivity contribution in [3.05, 3.63) is 24.2 Å². The van der Waals surface area contributed by atoms with Crippen molar-refractivity contribution in [3.8, 4) is 11.3 Å². The quantitative estimate of drug-likeness (QED) is 0.635. The molecule has 2 heterocycles. The number of aryl methyl sites for hydroxylation is 1. The number of thioether (sulfide) groups is 1. The molecule has 2 aromatic rings. The molecular formula is C14H18N4S. The fraction of sp³-hybridized carbons (Fsp3) is 0.500. The van der Waals surface area contributed by atoms with Crippen LogP contribution in [0.2, 0.25) is 0 Å². The standard InChI is InChI=1S/C14H18N4S/c1-18-13(8-10-4-3-5-10)11(9-16-18)12-6-7-15-14(17-12)19-2/h6-7,9-10H,3-5,8H2,1-2H3. The second-order valence-corrected chi connectivity index (χ2v) is 5.83. The summed E-state index contributed by atoms with van der Waals surface area (Å²) in [4.78, 5) is 8.82. The molecule has 100 valence electrons. The molecule has 1 aliphatic rings. The van der Waals surface area contributed by atoms with Crippen LogP contribution in [-0.4, -0.2) is 26.0 Å². The molecule has 0 bridgehead atoms. The third-order valence-electron chi connectivity index (χ3n) is 3.86. The van der Waals surface area contributed by atoms with Gasteiger partial charge in [0.25, 0.3) is 0 Å². The van der Waals surface area contributed by atoms with Gasteiger partial charge < -0.3 is 0 Å². The Kier molecular flexibility index (Phi) is 3.55. The highest BCUT2D eigenvalue weighted by Crippen LogP contribution is 2.32. The SMILES string of the molecule is CSc1nccc(-c2cnn(C)c2CC2CCC2)n1. The van der Waals surface area contributed by atoms with Crippen LogP contribution in [0.15, 0.2) is 23.6 Å². The van der Waals surface area contributed by atoms with Crippen molar-refractivity contribution in [2.75, 3.05) is 6.26 Å². The fourth-order valence-electron chi connectivity index (χ4n) is 2.48. The molecule has 0 atom stereocenters. The van der Waals surface area contributed by atoms with Crippen LogP contribution >= 0.6 is 11.8 Å². The molecule has 3 rings (SSSR count). The summed E-state index contributed by atoms with van der Waals surface area (Å²) in [5, 5.41) is 5.23. The summed E-state index contributed by atoms with van der Waals surface area (Å²) in [6.07, 6.45) is 11.0.